The van der Waals surface area contributed by atoms with Crippen molar-refractivity contribution in [1.29, 1.82) is 0 Å². The Balaban J connectivity index is 2.15. The zero-order chi connectivity index (χ0) is 26.3. The number of benzene rings is 2. The molecule has 0 N–H and O–H groups in total. The largest absolute Gasteiger partial charge is 0.331 e. The van der Waals surface area contributed by atoms with Crippen LogP contribution in [0.15, 0.2) is 51.2 Å². The van der Waals surface area contributed by atoms with E-state index in [0.29, 0.717) is 11.4 Å². The first-order valence-corrected chi connectivity index (χ1v) is 13.4. The molecule has 6 nitrogen and oxygen atoms in total. The summed E-state index contributed by atoms with van der Waals surface area (Å²) >= 11 is 3.70. The quantitative estimate of drug-likeness (QED) is 0.162. The average molecular weight is 556 g/mol. The van der Waals surface area contributed by atoms with Gasteiger partial charge in [0.1, 0.15) is 0 Å². The van der Waals surface area contributed by atoms with Gasteiger partial charge in [-0.25, -0.2) is 9.59 Å². The Kier molecular flexibility index (Phi) is 9.60. The van der Waals surface area contributed by atoms with Gasteiger partial charge in [0.05, 0.1) is 11.4 Å². The molecule has 0 amide bonds. The zero-order valence-electron chi connectivity index (χ0n) is 21.8. The number of oxime groups is 2. The smallest absolute Gasteiger partial charge is 0.319 e. The van der Waals surface area contributed by atoms with Crippen LogP contribution in [0.2, 0.25) is 0 Å². The number of hydrogen-bond donors (Lipinski definition) is 0. The number of nitrogens with zero attached hydrogens (tertiary/aromatic N) is 2. The van der Waals surface area contributed by atoms with Gasteiger partial charge >= 0.3 is 11.9 Å². The van der Waals surface area contributed by atoms with E-state index in [4.69, 9.17) is 9.68 Å². The summed E-state index contributed by atoms with van der Waals surface area (Å²) in [5.41, 5.74) is 7.05. The number of hydrogen-bond acceptors (Lipinski definition) is 6. The zero-order valence-corrected chi connectivity index (χ0v) is 23.4. The number of halogens is 1. The molecule has 7 heteroatoms. The maximum absolute atomic E-state index is 11.6. The highest BCUT2D eigenvalue weighted by Crippen LogP contribution is 2.54. The van der Waals surface area contributed by atoms with Crippen molar-refractivity contribution in [2.24, 2.45) is 10.3 Å². The second kappa shape index (κ2) is 12.4. The van der Waals surface area contributed by atoms with E-state index in [1.165, 1.54) is 36.1 Å². The standard InChI is InChI=1S/C29H35BrN2O4/c1-6-8-14-29(15-9-7-2)26-17-22(10-12-24(26)25-13-11-23(30)18-27(25)29)28(32-36-21(5)34)16-19(3)31-35-20(4)33/h10-13,17-18H,6-9,14-16H2,1-5H3/b31-19+,32-28-. The molecule has 192 valence electrons. The molecule has 0 spiro atoms. The molecule has 1 aliphatic carbocycles. The first kappa shape index (κ1) is 27.8. The molecule has 0 saturated heterocycles. The molecule has 2 aromatic rings. The van der Waals surface area contributed by atoms with E-state index < -0.39 is 11.9 Å². The van der Waals surface area contributed by atoms with Crippen molar-refractivity contribution in [3.8, 4) is 11.1 Å². The number of fused-ring (bicyclic) bond motifs is 3. The summed E-state index contributed by atoms with van der Waals surface area (Å²) in [5.74, 6) is -0.994. The van der Waals surface area contributed by atoms with E-state index >= 15 is 0 Å². The Labute approximate surface area is 222 Å². The molecule has 0 bridgehead atoms. The summed E-state index contributed by atoms with van der Waals surface area (Å²) < 4.78 is 1.08. The molecule has 0 radical (unpaired) electrons. The minimum atomic E-state index is -0.499. The monoisotopic (exact) mass is 554 g/mol. The van der Waals surface area contributed by atoms with Crippen LogP contribution in [0.4, 0.5) is 0 Å². The van der Waals surface area contributed by atoms with Gasteiger partial charge in [0, 0.05) is 35.7 Å². The molecule has 0 atom stereocenters. The molecule has 1 aliphatic rings. The normalized spacial score (nSPS) is 14.3. The lowest BCUT2D eigenvalue weighted by atomic mass is 9.70. The second-order valence-electron chi connectivity index (χ2n) is 9.45. The predicted octanol–water partition coefficient (Wildman–Crippen LogP) is 7.69. The van der Waals surface area contributed by atoms with Crippen LogP contribution in [0, 0.1) is 0 Å². The molecule has 0 unspecified atom stereocenters. The van der Waals surface area contributed by atoms with E-state index in [2.05, 4.69) is 70.4 Å². The van der Waals surface area contributed by atoms with E-state index in [0.717, 1.165) is 48.6 Å². The Morgan fingerprint density at radius 2 is 1.39 bits per heavy atom. The summed E-state index contributed by atoms with van der Waals surface area (Å²) in [6, 6.07) is 13.0. The van der Waals surface area contributed by atoms with Crippen LogP contribution in [0.25, 0.3) is 11.1 Å². The summed E-state index contributed by atoms with van der Waals surface area (Å²) in [6.07, 6.45) is 6.90. The molecule has 0 saturated carbocycles. The number of carbonyl (C=O) groups is 2. The van der Waals surface area contributed by atoms with Crippen molar-refractivity contribution in [3.63, 3.8) is 0 Å². The van der Waals surface area contributed by atoms with Crippen LogP contribution in [0.3, 0.4) is 0 Å². The molecule has 0 aliphatic heterocycles. The minimum absolute atomic E-state index is 0.0934. The van der Waals surface area contributed by atoms with E-state index in [-0.39, 0.29) is 11.8 Å². The highest BCUT2D eigenvalue weighted by Gasteiger charge is 2.42. The first-order chi connectivity index (χ1) is 17.2. The lowest BCUT2D eigenvalue weighted by molar-refractivity contribution is -0.141. The SMILES string of the molecule is CCCCC1(CCCC)c2cc(Br)ccc2-c2ccc(/C(C/C(C)=N/OC(C)=O)=N\OC(C)=O)cc21. The highest BCUT2D eigenvalue weighted by atomic mass is 79.9. The first-order valence-electron chi connectivity index (χ1n) is 12.6. The Morgan fingerprint density at radius 3 is 1.97 bits per heavy atom. The second-order valence-corrected chi connectivity index (χ2v) is 10.4. The maximum Gasteiger partial charge on any atom is 0.331 e. The molecular formula is C29H35BrN2O4. The third-order valence-electron chi connectivity index (χ3n) is 6.61. The third kappa shape index (κ3) is 6.30. The Hall–Kier alpha value is -2.80. The Morgan fingerprint density at radius 1 is 0.833 bits per heavy atom. The molecular weight excluding hydrogens is 520 g/mol. The lowest BCUT2D eigenvalue weighted by Gasteiger charge is -2.33. The number of carbonyl (C=O) groups excluding carboxylic acids is 2. The van der Waals surface area contributed by atoms with Crippen LogP contribution < -0.4 is 0 Å². The summed E-state index contributed by atoms with van der Waals surface area (Å²) in [7, 11) is 0. The topological polar surface area (TPSA) is 77.3 Å². The summed E-state index contributed by atoms with van der Waals surface area (Å²) in [4.78, 5) is 32.6. The van der Waals surface area contributed by atoms with Crippen LogP contribution >= 0.6 is 15.9 Å². The fourth-order valence-corrected chi connectivity index (χ4v) is 5.35. The average Bonchev–Trinajstić information content (AvgIpc) is 3.11. The summed E-state index contributed by atoms with van der Waals surface area (Å²) in [6.45, 7) is 8.83. The van der Waals surface area contributed by atoms with Crippen LogP contribution in [-0.2, 0) is 24.7 Å². The van der Waals surface area contributed by atoms with E-state index in [1.54, 1.807) is 6.92 Å². The van der Waals surface area contributed by atoms with Crippen molar-refractivity contribution in [2.45, 2.75) is 85.0 Å². The lowest BCUT2D eigenvalue weighted by Crippen LogP contribution is -2.26. The van der Waals surface area contributed by atoms with Gasteiger partial charge in [-0.15, -0.1) is 0 Å². The fourth-order valence-electron chi connectivity index (χ4n) is 4.99. The van der Waals surface area contributed by atoms with Crippen LogP contribution in [0.5, 0.6) is 0 Å². The molecule has 0 heterocycles. The van der Waals surface area contributed by atoms with Crippen molar-refractivity contribution in [3.05, 3.63) is 57.6 Å². The van der Waals surface area contributed by atoms with Gasteiger partial charge < -0.3 is 9.68 Å². The van der Waals surface area contributed by atoms with Crippen molar-refractivity contribution in [2.75, 3.05) is 0 Å². The van der Waals surface area contributed by atoms with Crippen molar-refractivity contribution < 1.29 is 19.3 Å². The van der Waals surface area contributed by atoms with Crippen molar-refractivity contribution >= 4 is 39.3 Å². The van der Waals surface area contributed by atoms with Crippen LogP contribution in [0.1, 0.15) is 96.3 Å². The Bertz CT molecular complexity index is 1180. The van der Waals surface area contributed by atoms with Gasteiger partial charge in [-0.2, -0.15) is 0 Å². The fraction of sp³-hybridized carbons (Fsp3) is 0.448. The van der Waals surface area contributed by atoms with Gasteiger partial charge in [-0.3, -0.25) is 0 Å². The van der Waals surface area contributed by atoms with Gasteiger partial charge in [-0.05, 0) is 60.2 Å². The molecule has 3 rings (SSSR count). The number of unbranched alkanes of at least 4 members (excludes halogenated alkanes) is 2. The van der Waals surface area contributed by atoms with Crippen LogP contribution in [-0.4, -0.2) is 23.4 Å². The predicted molar refractivity (Wildman–Crippen MR) is 147 cm³/mol. The minimum Gasteiger partial charge on any atom is -0.319 e. The molecule has 0 aromatic heterocycles. The van der Waals surface area contributed by atoms with E-state index in [9.17, 15) is 9.59 Å². The molecule has 2 aromatic carbocycles. The van der Waals surface area contributed by atoms with Gasteiger partial charge in [0.15, 0.2) is 0 Å². The van der Waals surface area contributed by atoms with Gasteiger partial charge in [0.2, 0.25) is 0 Å². The summed E-state index contributed by atoms with van der Waals surface area (Å²) in [5, 5.41) is 8.04. The number of rotatable bonds is 11. The molecule has 0 fully saturated rings. The van der Waals surface area contributed by atoms with Gasteiger partial charge in [-0.1, -0.05) is 84.0 Å². The van der Waals surface area contributed by atoms with Gasteiger partial charge in [0.25, 0.3) is 0 Å². The maximum atomic E-state index is 11.6. The highest BCUT2D eigenvalue weighted by molar-refractivity contribution is 9.10. The third-order valence-corrected chi connectivity index (χ3v) is 7.10. The van der Waals surface area contributed by atoms with Crippen molar-refractivity contribution in [1.82, 2.24) is 0 Å². The molecule has 36 heavy (non-hydrogen) atoms. The van der Waals surface area contributed by atoms with E-state index in [1.807, 2.05) is 6.07 Å².